The van der Waals surface area contributed by atoms with Crippen LogP contribution in [0.3, 0.4) is 0 Å². The lowest BCUT2D eigenvalue weighted by Crippen LogP contribution is -2.30. The van der Waals surface area contributed by atoms with Gasteiger partial charge in [-0.3, -0.25) is 0 Å². The molecule has 8 nitrogen and oxygen atoms in total. The molecule has 0 heterocycles. The van der Waals surface area contributed by atoms with Crippen LogP contribution in [0.1, 0.15) is 44.2 Å². The number of aliphatic hydroxyl groups is 1. The summed E-state index contributed by atoms with van der Waals surface area (Å²) in [7, 11) is 1.58. The number of benzene rings is 1. The summed E-state index contributed by atoms with van der Waals surface area (Å²) in [5, 5.41) is 19.9. The standard InChI is InChI=1S/C26H38O8/c1-16(2)23(34-26(30)15-32-10-9-31-3)8-7-19-20-11-17-5-4-6-24(33-14-25(28)29)21(17)12-18(20)13-22(19)27/h4-6,16,18-20,22-23,27H,7-15H2,1-3H3,(H,28,29)/t18-,19+,20-,22+,23+/m0/s1. The molecule has 190 valence electrons. The number of ether oxygens (including phenoxy) is 4. The van der Waals surface area contributed by atoms with Crippen LogP contribution in [0, 0.1) is 23.7 Å². The first-order valence-corrected chi connectivity index (χ1v) is 12.2. The average Bonchev–Trinajstić information content (AvgIpc) is 3.10. The van der Waals surface area contributed by atoms with E-state index in [1.165, 1.54) is 5.56 Å². The topological polar surface area (TPSA) is 112 Å². The van der Waals surface area contributed by atoms with E-state index in [0.717, 1.165) is 31.2 Å². The predicted octanol–water partition coefficient (Wildman–Crippen LogP) is 2.87. The zero-order chi connectivity index (χ0) is 24.7. The monoisotopic (exact) mass is 478 g/mol. The van der Waals surface area contributed by atoms with Gasteiger partial charge in [-0.15, -0.1) is 0 Å². The Morgan fingerprint density at radius 1 is 1.15 bits per heavy atom. The van der Waals surface area contributed by atoms with E-state index in [-0.39, 0.29) is 37.1 Å². The first kappa shape index (κ1) is 26.4. The van der Waals surface area contributed by atoms with Crippen LogP contribution in [0.15, 0.2) is 18.2 Å². The summed E-state index contributed by atoms with van der Waals surface area (Å²) in [6.07, 6.45) is 3.21. The van der Waals surface area contributed by atoms with Crippen LogP contribution in [0.4, 0.5) is 0 Å². The lowest BCUT2D eigenvalue weighted by atomic mass is 9.73. The van der Waals surface area contributed by atoms with Crippen molar-refractivity contribution in [3.63, 3.8) is 0 Å². The van der Waals surface area contributed by atoms with Crippen molar-refractivity contribution in [3.05, 3.63) is 29.3 Å². The van der Waals surface area contributed by atoms with Gasteiger partial charge in [0.2, 0.25) is 0 Å². The van der Waals surface area contributed by atoms with Gasteiger partial charge in [-0.1, -0.05) is 26.0 Å². The molecule has 1 aromatic carbocycles. The Kier molecular flexibility index (Phi) is 9.74. The second kappa shape index (κ2) is 12.5. The third kappa shape index (κ3) is 6.93. The summed E-state index contributed by atoms with van der Waals surface area (Å²) >= 11 is 0. The Hall–Kier alpha value is -2.16. The second-order valence-electron chi connectivity index (χ2n) is 9.77. The molecule has 0 aromatic heterocycles. The molecular formula is C26H38O8. The van der Waals surface area contributed by atoms with Gasteiger partial charge in [0.15, 0.2) is 6.61 Å². The minimum Gasteiger partial charge on any atom is -0.482 e. The Labute approximate surface area is 201 Å². The second-order valence-corrected chi connectivity index (χ2v) is 9.77. The van der Waals surface area contributed by atoms with Crippen LogP contribution in [0.2, 0.25) is 0 Å². The number of aliphatic hydroxyl groups excluding tert-OH is 1. The molecule has 2 N–H and O–H groups in total. The van der Waals surface area contributed by atoms with E-state index >= 15 is 0 Å². The number of methoxy groups -OCH3 is 1. The molecule has 2 aliphatic carbocycles. The summed E-state index contributed by atoms with van der Waals surface area (Å²) in [6.45, 7) is 4.40. The number of carbonyl (C=O) groups excluding carboxylic acids is 1. The van der Waals surface area contributed by atoms with Gasteiger partial charge >= 0.3 is 11.9 Å². The van der Waals surface area contributed by atoms with Crippen molar-refractivity contribution in [2.75, 3.05) is 33.5 Å². The first-order valence-electron chi connectivity index (χ1n) is 12.2. The highest BCUT2D eigenvalue weighted by molar-refractivity contribution is 5.71. The van der Waals surface area contributed by atoms with Crippen LogP contribution in [-0.2, 0) is 36.6 Å². The molecule has 0 unspecified atom stereocenters. The van der Waals surface area contributed by atoms with Crippen molar-refractivity contribution in [2.45, 2.75) is 58.2 Å². The normalized spacial score (nSPS) is 24.4. The molecule has 34 heavy (non-hydrogen) atoms. The van der Waals surface area contributed by atoms with E-state index in [2.05, 4.69) is 6.07 Å². The number of carboxylic acid groups (broad SMARTS) is 1. The molecule has 0 aliphatic heterocycles. The fourth-order valence-electron chi connectivity index (χ4n) is 5.46. The molecule has 0 amide bonds. The van der Waals surface area contributed by atoms with Crippen LogP contribution < -0.4 is 4.74 Å². The number of carbonyl (C=O) groups is 2. The predicted molar refractivity (Wildman–Crippen MR) is 125 cm³/mol. The summed E-state index contributed by atoms with van der Waals surface area (Å²) in [6, 6.07) is 5.80. The Balaban J connectivity index is 1.59. The fraction of sp³-hybridized carbons (Fsp3) is 0.692. The Bertz CT molecular complexity index is 823. The maximum Gasteiger partial charge on any atom is 0.341 e. The number of hydrogen-bond donors (Lipinski definition) is 2. The highest BCUT2D eigenvalue weighted by atomic mass is 16.6. The zero-order valence-electron chi connectivity index (χ0n) is 20.4. The molecule has 1 fully saturated rings. The minimum atomic E-state index is -0.996. The zero-order valence-corrected chi connectivity index (χ0v) is 20.4. The van der Waals surface area contributed by atoms with Crippen LogP contribution in [-0.4, -0.2) is 67.9 Å². The number of aliphatic carboxylic acids is 1. The maximum absolute atomic E-state index is 12.2. The van der Waals surface area contributed by atoms with E-state index in [9.17, 15) is 14.7 Å². The van der Waals surface area contributed by atoms with Gasteiger partial charge < -0.3 is 29.2 Å². The van der Waals surface area contributed by atoms with Crippen molar-refractivity contribution >= 4 is 11.9 Å². The SMILES string of the molecule is COCCOCC(=O)O[C@H](CC[C@@H]1[C@H]2Cc3cccc(OCC(=O)O)c3C[C@H]2C[C@H]1O)C(C)C. The molecule has 1 aromatic rings. The fourth-order valence-corrected chi connectivity index (χ4v) is 5.46. The highest BCUT2D eigenvalue weighted by Gasteiger charge is 2.45. The van der Waals surface area contributed by atoms with Crippen LogP contribution >= 0.6 is 0 Å². The number of hydrogen-bond acceptors (Lipinski definition) is 7. The van der Waals surface area contributed by atoms with Crippen molar-refractivity contribution in [3.8, 4) is 5.75 Å². The first-order chi connectivity index (χ1) is 16.3. The maximum atomic E-state index is 12.2. The third-order valence-corrected chi connectivity index (χ3v) is 7.16. The van der Waals surface area contributed by atoms with Gasteiger partial charge in [-0.05, 0) is 73.0 Å². The summed E-state index contributed by atoms with van der Waals surface area (Å²) < 4.78 is 21.4. The lowest BCUT2D eigenvalue weighted by molar-refractivity contribution is -0.157. The molecular weight excluding hydrogens is 440 g/mol. The van der Waals surface area contributed by atoms with E-state index in [1.807, 2.05) is 26.0 Å². The van der Waals surface area contributed by atoms with E-state index in [4.69, 9.17) is 24.1 Å². The summed E-state index contributed by atoms with van der Waals surface area (Å²) in [5.74, 6) is 0.243. The van der Waals surface area contributed by atoms with Gasteiger partial charge in [0.1, 0.15) is 18.5 Å². The van der Waals surface area contributed by atoms with Crippen molar-refractivity contribution < 1.29 is 38.7 Å². The molecule has 0 saturated heterocycles. The largest absolute Gasteiger partial charge is 0.482 e. The Morgan fingerprint density at radius 3 is 2.65 bits per heavy atom. The molecule has 8 heteroatoms. The molecule has 0 radical (unpaired) electrons. The number of carboxylic acids is 1. The van der Waals surface area contributed by atoms with Crippen molar-refractivity contribution in [2.24, 2.45) is 23.7 Å². The molecule has 2 aliphatic rings. The minimum absolute atomic E-state index is 0.0909. The molecule has 0 spiro atoms. The molecule has 5 atom stereocenters. The quantitative estimate of drug-likeness (QED) is 0.329. The van der Waals surface area contributed by atoms with Crippen molar-refractivity contribution in [1.82, 2.24) is 0 Å². The van der Waals surface area contributed by atoms with E-state index < -0.39 is 12.1 Å². The van der Waals surface area contributed by atoms with Crippen LogP contribution in [0.25, 0.3) is 0 Å². The molecule has 0 bridgehead atoms. The Morgan fingerprint density at radius 2 is 1.94 bits per heavy atom. The number of esters is 1. The summed E-state index contributed by atoms with van der Waals surface area (Å²) in [5.41, 5.74) is 2.24. The number of rotatable bonds is 13. The van der Waals surface area contributed by atoms with Gasteiger partial charge in [0, 0.05) is 7.11 Å². The smallest absolute Gasteiger partial charge is 0.341 e. The van der Waals surface area contributed by atoms with Gasteiger partial charge in [0.25, 0.3) is 0 Å². The molecule has 3 rings (SSSR count). The lowest BCUT2D eigenvalue weighted by Gasteiger charge is -2.33. The van der Waals surface area contributed by atoms with Crippen molar-refractivity contribution in [1.29, 1.82) is 0 Å². The average molecular weight is 479 g/mol. The van der Waals surface area contributed by atoms with Crippen LogP contribution in [0.5, 0.6) is 5.75 Å². The summed E-state index contributed by atoms with van der Waals surface area (Å²) in [4.78, 5) is 23.1. The number of fused-ring (bicyclic) bond motifs is 2. The third-order valence-electron chi connectivity index (χ3n) is 7.16. The van der Waals surface area contributed by atoms with Gasteiger partial charge in [-0.2, -0.15) is 0 Å². The van der Waals surface area contributed by atoms with Gasteiger partial charge in [-0.25, -0.2) is 9.59 Å². The van der Waals surface area contributed by atoms with E-state index in [0.29, 0.717) is 37.2 Å². The molecule has 1 saturated carbocycles. The van der Waals surface area contributed by atoms with E-state index in [1.54, 1.807) is 7.11 Å². The highest BCUT2D eigenvalue weighted by Crippen LogP contribution is 2.48. The van der Waals surface area contributed by atoms with Gasteiger partial charge in [0.05, 0.1) is 19.3 Å².